The van der Waals surface area contributed by atoms with Gasteiger partial charge in [-0.3, -0.25) is 29.2 Å². The highest BCUT2D eigenvalue weighted by Crippen LogP contribution is 2.40. The van der Waals surface area contributed by atoms with Crippen molar-refractivity contribution in [3.05, 3.63) is 41.7 Å². The van der Waals surface area contributed by atoms with E-state index in [9.17, 15) is 19.2 Å². The molecule has 0 spiro atoms. The molecule has 0 saturated carbocycles. The first-order valence-corrected chi connectivity index (χ1v) is 8.65. The first kappa shape index (κ1) is 18.0. The normalized spacial score (nSPS) is 23.9. The summed E-state index contributed by atoms with van der Waals surface area (Å²) in [5.41, 5.74) is -0.535. The molecule has 4 amide bonds. The van der Waals surface area contributed by atoms with Crippen LogP contribution in [0.25, 0.3) is 0 Å². The smallest absolute Gasteiger partial charge is 0.290 e. The SMILES string of the molecule is CN1C(=O)N(CC(=O)c2ccccn2)C(=O)C(C)(C2=CCCCC2)C1=O. The fourth-order valence-corrected chi connectivity index (χ4v) is 3.51. The highest BCUT2D eigenvalue weighted by atomic mass is 16.2. The zero-order valence-electron chi connectivity index (χ0n) is 14.9. The van der Waals surface area contributed by atoms with Gasteiger partial charge >= 0.3 is 6.03 Å². The molecule has 1 aliphatic heterocycles. The van der Waals surface area contributed by atoms with Gasteiger partial charge in [-0.2, -0.15) is 0 Å². The van der Waals surface area contributed by atoms with E-state index < -0.39 is 35.6 Å². The van der Waals surface area contributed by atoms with Gasteiger partial charge in [-0.15, -0.1) is 0 Å². The summed E-state index contributed by atoms with van der Waals surface area (Å²) in [5, 5.41) is 0. The second-order valence-electron chi connectivity index (χ2n) is 6.78. The van der Waals surface area contributed by atoms with Crippen LogP contribution in [-0.4, -0.2) is 52.0 Å². The van der Waals surface area contributed by atoms with Crippen molar-refractivity contribution in [1.82, 2.24) is 14.8 Å². The monoisotopic (exact) mass is 355 g/mol. The summed E-state index contributed by atoms with van der Waals surface area (Å²) >= 11 is 0. The van der Waals surface area contributed by atoms with E-state index >= 15 is 0 Å². The van der Waals surface area contributed by atoms with Gasteiger partial charge in [0.05, 0.1) is 6.54 Å². The summed E-state index contributed by atoms with van der Waals surface area (Å²) in [6, 6.07) is 4.08. The zero-order chi connectivity index (χ0) is 18.9. The molecular weight excluding hydrogens is 334 g/mol. The maximum atomic E-state index is 13.1. The molecule has 26 heavy (non-hydrogen) atoms. The minimum absolute atomic E-state index is 0.172. The van der Waals surface area contributed by atoms with Crippen LogP contribution in [0.4, 0.5) is 4.79 Å². The molecule has 7 heteroatoms. The maximum absolute atomic E-state index is 13.1. The molecule has 3 rings (SSSR count). The van der Waals surface area contributed by atoms with Crippen molar-refractivity contribution >= 4 is 23.6 Å². The Morgan fingerprint density at radius 1 is 1.19 bits per heavy atom. The van der Waals surface area contributed by atoms with Gasteiger partial charge in [-0.1, -0.05) is 12.1 Å². The largest absolute Gasteiger partial charge is 0.333 e. The van der Waals surface area contributed by atoms with E-state index in [-0.39, 0.29) is 5.69 Å². The van der Waals surface area contributed by atoms with E-state index in [1.54, 1.807) is 19.1 Å². The lowest BCUT2D eigenvalue weighted by Gasteiger charge is -2.42. The van der Waals surface area contributed by atoms with Crippen molar-refractivity contribution in [1.29, 1.82) is 0 Å². The van der Waals surface area contributed by atoms with Gasteiger partial charge in [0.25, 0.3) is 5.91 Å². The summed E-state index contributed by atoms with van der Waals surface area (Å²) < 4.78 is 0. The third kappa shape index (κ3) is 2.83. The van der Waals surface area contributed by atoms with E-state index in [0.717, 1.165) is 34.6 Å². The van der Waals surface area contributed by atoms with Gasteiger partial charge in [0.2, 0.25) is 11.7 Å². The molecular formula is C19H21N3O4. The topological polar surface area (TPSA) is 87.7 Å². The zero-order valence-corrected chi connectivity index (χ0v) is 14.9. The van der Waals surface area contributed by atoms with Crippen LogP contribution in [0.5, 0.6) is 0 Å². The third-order valence-electron chi connectivity index (χ3n) is 5.11. The molecule has 1 aliphatic carbocycles. The average molecular weight is 355 g/mol. The maximum Gasteiger partial charge on any atom is 0.333 e. The molecule has 136 valence electrons. The summed E-state index contributed by atoms with van der Waals surface area (Å²) in [7, 11) is 1.34. The van der Waals surface area contributed by atoms with E-state index in [1.807, 2.05) is 6.08 Å². The molecule has 0 radical (unpaired) electrons. The third-order valence-corrected chi connectivity index (χ3v) is 5.11. The van der Waals surface area contributed by atoms with Crippen LogP contribution in [0.2, 0.25) is 0 Å². The minimum atomic E-state index is -1.44. The number of Topliss-reactive ketones (excluding diaryl/α,β-unsaturated/α-hetero) is 1. The van der Waals surface area contributed by atoms with E-state index in [0.29, 0.717) is 6.42 Å². The Morgan fingerprint density at radius 3 is 2.58 bits per heavy atom. The number of imide groups is 2. The van der Waals surface area contributed by atoms with Crippen molar-refractivity contribution in [2.24, 2.45) is 5.41 Å². The number of aromatic nitrogens is 1. The fourth-order valence-electron chi connectivity index (χ4n) is 3.51. The van der Waals surface area contributed by atoms with Crippen LogP contribution in [0, 0.1) is 5.41 Å². The summed E-state index contributed by atoms with van der Waals surface area (Å²) in [6.45, 7) is 1.12. The molecule has 1 aromatic heterocycles. The van der Waals surface area contributed by atoms with Crippen molar-refractivity contribution < 1.29 is 19.2 Å². The Hall–Kier alpha value is -2.83. The highest BCUT2D eigenvalue weighted by Gasteiger charge is 2.55. The van der Waals surface area contributed by atoms with E-state index in [2.05, 4.69) is 4.98 Å². The number of carbonyl (C=O) groups excluding carboxylic acids is 4. The number of carbonyl (C=O) groups is 4. The molecule has 1 atom stereocenters. The predicted octanol–water partition coefficient (Wildman–Crippen LogP) is 2.19. The number of nitrogens with zero attached hydrogens (tertiary/aromatic N) is 3. The number of ketones is 1. The molecule has 0 N–H and O–H groups in total. The Labute approximate surface area is 151 Å². The van der Waals surface area contributed by atoms with Crippen LogP contribution >= 0.6 is 0 Å². The standard InChI is InChI=1S/C19H21N3O4/c1-19(13-8-4-3-5-9-13)16(24)21(2)18(26)22(17(19)25)12-15(23)14-10-6-7-11-20-14/h6-8,10-11H,3-5,9,12H2,1-2H3. The van der Waals surface area contributed by atoms with Gasteiger partial charge in [0.1, 0.15) is 11.1 Å². The number of hydrogen-bond donors (Lipinski definition) is 0. The summed E-state index contributed by atoms with van der Waals surface area (Å²) in [4.78, 5) is 56.6. The molecule has 2 heterocycles. The molecule has 1 saturated heterocycles. The van der Waals surface area contributed by atoms with E-state index in [1.165, 1.54) is 19.3 Å². The van der Waals surface area contributed by atoms with Crippen LogP contribution < -0.4 is 0 Å². The van der Waals surface area contributed by atoms with Crippen LogP contribution in [0.15, 0.2) is 36.0 Å². The number of amides is 4. The van der Waals surface area contributed by atoms with Crippen LogP contribution in [0.3, 0.4) is 0 Å². The summed E-state index contributed by atoms with van der Waals surface area (Å²) in [6.07, 6.45) is 6.74. The Morgan fingerprint density at radius 2 is 1.96 bits per heavy atom. The van der Waals surface area contributed by atoms with Crippen LogP contribution in [-0.2, 0) is 9.59 Å². The molecule has 0 aromatic carbocycles. The van der Waals surface area contributed by atoms with Crippen molar-refractivity contribution in [3.8, 4) is 0 Å². The van der Waals surface area contributed by atoms with Crippen molar-refractivity contribution in [2.75, 3.05) is 13.6 Å². The first-order valence-electron chi connectivity index (χ1n) is 8.65. The summed E-state index contributed by atoms with van der Waals surface area (Å²) in [5.74, 6) is -1.62. The molecule has 2 aliphatic rings. The number of allylic oxidation sites excluding steroid dienone is 1. The number of rotatable bonds is 4. The lowest BCUT2D eigenvalue weighted by molar-refractivity contribution is -0.153. The fraction of sp³-hybridized carbons (Fsp3) is 0.421. The lowest BCUT2D eigenvalue weighted by Crippen LogP contribution is -2.64. The van der Waals surface area contributed by atoms with Crippen molar-refractivity contribution in [3.63, 3.8) is 0 Å². The second kappa shape index (κ2) is 6.82. The van der Waals surface area contributed by atoms with Gasteiger partial charge in [0.15, 0.2) is 0 Å². The molecule has 1 aromatic rings. The predicted molar refractivity (Wildman–Crippen MR) is 93.1 cm³/mol. The number of pyridine rings is 1. The highest BCUT2D eigenvalue weighted by molar-refractivity contribution is 6.21. The van der Waals surface area contributed by atoms with Gasteiger partial charge < -0.3 is 0 Å². The minimum Gasteiger partial charge on any atom is -0.290 e. The number of urea groups is 1. The molecule has 1 fully saturated rings. The van der Waals surface area contributed by atoms with Gasteiger partial charge in [-0.25, -0.2) is 4.79 Å². The quantitative estimate of drug-likeness (QED) is 0.469. The molecule has 1 unspecified atom stereocenters. The first-order chi connectivity index (χ1) is 12.4. The lowest BCUT2D eigenvalue weighted by atomic mass is 9.73. The Balaban J connectivity index is 1.93. The number of barbiturate groups is 1. The average Bonchev–Trinajstić information content (AvgIpc) is 2.69. The molecule has 0 bridgehead atoms. The Kier molecular flexibility index (Phi) is 4.71. The number of hydrogen-bond acceptors (Lipinski definition) is 5. The van der Waals surface area contributed by atoms with E-state index in [4.69, 9.17) is 0 Å². The Bertz CT molecular complexity index is 802. The van der Waals surface area contributed by atoms with Gasteiger partial charge in [-0.05, 0) is 50.3 Å². The molecule has 7 nitrogen and oxygen atoms in total. The van der Waals surface area contributed by atoms with Crippen LogP contribution in [0.1, 0.15) is 43.1 Å². The van der Waals surface area contributed by atoms with Crippen molar-refractivity contribution in [2.45, 2.75) is 32.6 Å². The van der Waals surface area contributed by atoms with Gasteiger partial charge in [0, 0.05) is 13.2 Å². The second-order valence-corrected chi connectivity index (χ2v) is 6.78.